The fraction of sp³-hybridized carbons (Fsp3) is 0.684. The molecular weight excluding hydrogens is 346 g/mol. The molecule has 1 aliphatic heterocycles. The molecule has 0 saturated carbocycles. The number of rotatable bonds is 7. The Balaban J connectivity index is 1.47. The minimum atomic E-state index is -0.0245. The SMILES string of the molecule is Cc1cc(C(=O)N2CCCC(OCCc3noc(CC(C)C)n3)C2)nn1C. The summed E-state index contributed by atoms with van der Waals surface area (Å²) in [5.41, 5.74) is 1.47. The Kier molecular flexibility index (Phi) is 6.26. The molecule has 8 nitrogen and oxygen atoms in total. The number of nitrogens with zero attached hydrogens (tertiary/aromatic N) is 5. The van der Waals surface area contributed by atoms with Gasteiger partial charge in [-0.2, -0.15) is 10.1 Å². The number of carbonyl (C=O) groups is 1. The van der Waals surface area contributed by atoms with E-state index in [1.807, 2.05) is 24.9 Å². The van der Waals surface area contributed by atoms with Crippen molar-refractivity contribution >= 4 is 5.91 Å². The van der Waals surface area contributed by atoms with Gasteiger partial charge in [-0.3, -0.25) is 9.48 Å². The number of aromatic nitrogens is 4. The molecule has 2 aromatic heterocycles. The molecule has 0 bridgehead atoms. The molecule has 1 saturated heterocycles. The van der Waals surface area contributed by atoms with Crippen LogP contribution in [-0.2, 0) is 24.6 Å². The highest BCUT2D eigenvalue weighted by atomic mass is 16.5. The molecule has 0 spiro atoms. The maximum Gasteiger partial charge on any atom is 0.274 e. The van der Waals surface area contributed by atoms with Gasteiger partial charge in [0.25, 0.3) is 5.91 Å². The lowest BCUT2D eigenvalue weighted by atomic mass is 10.1. The zero-order valence-corrected chi connectivity index (χ0v) is 16.6. The summed E-state index contributed by atoms with van der Waals surface area (Å²) in [7, 11) is 1.85. The molecule has 27 heavy (non-hydrogen) atoms. The standard InChI is InChI=1S/C19H29N5O3/c1-13(2)10-18-20-17(22-27-18)7-9-26-15-6-5-8-24(12-15)19(25)16-11-14(3)23(4)21-16/h11,13,15H,5-10,12H2,1-4H3. The Labute approximate surface area is 159 Å². The van der Waals surface area contributed by atoms with Gasteiger partial charge < -0.3 is 14.2 Å². The first-order valence-corrected chi connectivity index (χ1v) is 9.65. The van der Waals surface area contributed by atoms with Gasteiger partial charge in [-0.1, -0.05) is 19.0 Å². The van der Waals surface area contributed by atoms with E-state index >= 15 is 0 Å². The predicted octanol–water partition coefficient (Wildman–Crippen LogP) is 2.17. The van der Waals surface area contributed by atoms with Crippen LogP contribution in [-0.4, -0.2) is 56.5 Å². The van der Waals surface area contributed by atoms with Crippen LogP contribution in [0.2, 0.25) is 0 Å². The molecule has 3 rings (SSSR count). The molecule has 1 atom stereocenters. The van der Waals surface area contributed by atoms with Crippen molar-refractivity contribution in [3.8, 4) is 0 Å². The van der Waals surface area contributed by atoms with E-state index in [1.54, 1.807) is 4.68 Å². The molecule has 0 N–H and O–H groups in total. The third kappa shape index (κ3) is 5.15. The van der Waals surface area contributed by atoms with Gasteiger partial charge in [0.15, 0.2) is 11.5 Å². The minimum absolute atomic E-state index is 0.0245. The molecule has 148 valence electrons. The number of amides is 1. The van der Waals surface area contributed by atoms with Gasteiger partial charge in [0.1, 0.15) is 0 Å². The van der Waals surface area contributed by atoms with Crippen molar-refractivity contribution in [2.45, 2.75) is 52.6 Å². The minimum Gasteiger partial charge on any atom is -0.376 e. The number of carbonyl (C=O) groups excluding carboxylic acids is 1. The Hall–Kier alpha value is -2.22. The summed E-state index contributed by atoms with van der Waals surface area (Å²) in [5, 5.41) is 8.30. The van der Waals surface area contributed by atoms with Crippen molar-refractivity contribution in [2.75, 3.05) is 19.7 Å². The molecule has 0 aromatic carbocycles. The van der Waals surface area contributed by atoms with Gasteiger partial charge in [0, 0.05) is 38.7 Å². The molecule has 8 heteroatoms. The molecular formula is C19H29N5O3. The predicted molar refractivity (Wildman–Crippen MR) is 99.4 cm³/mol. The Morgan fingerprint density at radius 3 is 2.96 bits per heavy atom. The van der Waals surface area contributed by atoms with E-state index in [1.165, 1.54) is 0 Å². The van der Waals surface area contributed by atoms with Crippen LogP contribution in [0, 0.1) is 12.8 Å². The van der Waals surface area contributed by atoms with Crippen molar-refractivity contribution in [3.63, 3.8) is 0 Å². The second-order valence-corrected chi connectivity index (χ2v) is 7.63. The van der Waals surface area contributed by atoms with Crippen LogP contribution in [0.15, 0.2) is 10.6 Å². The molecule has 1 amide bonds. The van der Waals surface area contributed by atoms with Crippen molar-refractivity contribution in [1.29, 1.82) is 0 Å². The Morgan fingerprint density at radius 1 is 1.44 bits per heavy atom. The highest BCUT2D eigenvalue weighted by Crippen LogP contribution is 2.16. The summed E-state index contributed by atoms with van der Waals surface area (Å²) in [4.78, 5) is 18.9. The maximum absolute atomic E-state index is 12.7. The first-order chi connectivity index (χ1) is 12.9. The average molecular weight is 375 g/mol. The first-order valence-electron chi connectivity index (χ1n) is 9.65. The lowest BCUT2D eigenvalue weighted by molar-refractivity contribution is 0.00230. The number of ether oxygens (including phenoxy) is 1. The van der Waals surface area contributed by atoms with Crippen LogP contribution in [0.3, 0.4) is 0 Å². The van der Waals surface area contributed by atoms with Crippen LogP contribution in [0.1, 0.15) is 54.6 Å². The highest BCUT2D eigenvalue weighted by Gasteiger charge is 2.26. The number of piperidine rings is 1. The summed E-state index contributed by atoms with van der Waals surface area (Å²) < 4.78 is 13.0. The van der Waals surface area contributed by atoms with Crippen LogP contribution in [0.25, 0.3) is 0 Å². The second kappa shape index (κ2) is 8.65. The highest BCUT2D eigenvalue weighted by molar-refractivity contribution is 5.92. The molecule has 0 aliphatic carbocycles. The lowest BCUT2D eigenvalue weighted by Gasteiger charge is -2.32. The van der Waals surface area contributed by atoms with Gasteiger partial charge in [-0.25, -0.2) is 0 Å². The van der Waals surface area contributed by atoms with Crippen LogP contribution < -0.4 is 0 Å². The largest absolute Gasteiger partial charge is 0.376 e. The van der Waals surface area contributed by atoms with Gasteiger partial charge in [0.05, 0.1) is 12.7 Å². The maximum atomic E-state index is 12.7. The van der Waals surface area contributed by atoms with Crippen LogP contribution in [0.4, 0.5) is 0 Å². The number of hydrogen-bond acceptors (Lipinski definition) is 6. The Bertz CT molecular complexity index is 748. The van der Waals surface area contributed by atoms with E-state index < -0.39 is 0 Å². The zero-order chi connectivity index (χ0) is 19.4. The first kappa shape index (κ1) is 19.5. The molecule has 3 heterocycles. The van der Waals surface area contributed by atoms with Crippen molar-refractivity contribution in [1.82, 2.24) is 24.8 Å². The second-order valence-electron chi connectivity index (χ2n) is 7.63. The van der Waals surface area contributed by atoms with Gasteiger partial charge in [0.2, 0.25) is 5.89 Å². The van der Waals surface area contributed by atoms with Crippen LogP contribution in [0.5, 0.6) is 0 Å². The van der Waals surface area contributed by atoms with Crippen molar-refractivity contribution in [3.05, 3.63) is 29.2 Å². The lowest BCUT2D eigenvalue weighted by Crippen LogP contribution is -2.43. The van der Waals surface area contributed by atoms with Crippen LogP contribution >= 0.6 is 0 Å². The fourth-order valence-electron chi connectivity index (χ4n) is 3.23. The monoisotopic (exact) mass is 375 g/mol. The van der Waals surface area contributed by atoms with Gasteiger partial charge in [-0.15, -0.1) is 0 Å². The summed E-state index contributed by atoms with van der Waals surface area (Å²) >= 11 is 0. The van der Waals surface area contributed by atoms with E-state index in [-0.39, 0.29) is 12.0 Å². The normalized spacial score (nSPS) is 17.7. The van der Waals surface area contributed by atoms with Crippen molar-refractivity contribution < 1.29 is 14.1 Å². The molecule has 1 unspecified atom stereocenters. The third-order valence-corrected chi connectivity index (χ3v) is 4.77. The molecule has 2 aromatic rings. The summed E-state index contributed by atoms with van der Waals surface area (Å²) in [5.74, 6) is 1.82. The molecule has 1 fully saturated rings. The molecule has 1 aliphatic rings. The average Bonchev–Trinajstić information content (AvgIpc) is 3.20. The van der Waals surface area contributed by atoms with E-state index in [0.717, 1.165) is 31.5 Å². The van der Waals surface area contributed by atoms with E-state index in [4.69, 9.17) is 9.26 Å². The van der Waals surface area contributed by atoms with Gasteiger partial charge >= 0.3 is 0 Å². The van der Waals surface area contributed by atoms with E-state index in [0.29, 0.717) is 42.9 Å². The summed E-state index contributed by atoms with van der Waals surface area (Å²) in [6.45, 7) is 8.05. The number of likely N-dealkylation sites (tertiary alicyclic amines) is 1. The third-order valence-electron chi connectivity index (χ3n) is 4.77. The molecule has 0 radical (unpaired) electrons. The Morgan fingerprint density at radius 2 is 2.26 bits per heavy atom. The van der Waals surface area contributed by atoms with E-state index in [9.17, 15) is 4.79 Å². The smallest absolute Gasteiger partial charge is 0.274 e. The van der Waals surface area contributed by atoms with Crippen molar-refractivity contribution in [2.24, 2.45) is 13.0 Å². The number of aryl methyl sites for hydroxylation is 2. The van der Waals surface area contributed by atoms with E-state index in [2.05, 4.69) is 29.1 Å². The number of hydrogen-bond donors (Lipinski definition) is 0. The summed E-state index contributed by atoms with van der Waals surface area (Å²) in [6.07, 6.45) is 3.33. The fourth-order valence-corrected chi connectivity index (χ4v) is 3.23. The zero-order valence-electron chi connectivity index (χ0n) is 16.6. The summed E-state index contributed by atoms with van der Waals surface area (Å²) in [6, 6.07) is 1.83. The van der Waals surface area contributed by atoms with Gasteiger partial charge in [-0.05, 0) is 31.7 Å². The quantitative estimate of drug-likeness (QED) is 0.737. The topological polar surface area (TPSA) is 86.3 Å².